The predicted molar refractivity (Wildman–Crippen MR) is 64.0 cm³/mol. The Balaban J connectivity index is 2.25. The second kappa shape index (κ2) is 5.97. The van der Waals surface area contributed by atoms with Gasteiger partial charge in [-0.25, -0.2) is 0 Å². The van der Waals surface area contributed by atoms with Crippen LogP contribution in [0.25, 0.3) is 0 Å². The van der Waals surface area contributed by atoms with E-state index in [1.165, 1.54) is 51.7 Å². The van der Waals surface area contributed by atoms with Gasteiger partial charge in [-0.15, -0.1) is 11.6 Å². The maximum Gasteiger partial charge on any atom is 0.0223 e. The van der Waals surface area contributed by atoms with Crippen molar-refractivity contribution < 1.29 is 0 Å². The number of unbranched alkanes of at least 4 members (excludes halogenated alkanes) is 1. The molecular formula is C12H24ClN. The topological polar surface area (TPSA) is 3.24 Å². The molecule has 1 rings (SSSR count). The van der Waals surface area contributed by atoms with Gasteiger partial charge in [-0.05, 0) is 50.6 Å². The summed E-state index contributed by atoms with van der Waals surface area (Å²) in [6, 6.07) is 0. The lowest BCUT2D eigenvalue weighted by Crippen LogP contribution is -2.27. The highest BCUT2D eigenvalue weighted by molar-refractivity contribution is 6.17. The molecule has 1 aliphatic rings. The van der Waals surface area contributed by atoms with Crippen molar-refractivity contribution in [3.63, 3.8) is 0 Å². The van der Waals surface area contributed by atoms with Gasteiger partial charge in [-0.3, -0.25) is 0 Å². The van der Waals surface area contributed by atoms with Crippen LogP contribution < -0.4 is 0 Å². The van der Waals surface area contributed by atoms with Gasteiger partial charge in [0.2, 0.25) is 0 Å². The van der Waals surface area contributed by atoms with Crippen molar-refractivity contribution in [3.05, 3.63) is 0 Å². The molecule has 2 heteroatoms. The summed E-state index contributed by atoms with van der Waals surface area (Å²) in [6.45, 7) is 8.57. The molecule has 0 amide bonds. The largest absolute Gasteiger partial charge is 0.303 e. The van der Waals surface area contributed by atoms with Gasteiger partial charge in [0.1, 0.15) is 0 Å². The van der Waals surface area contributed by atoms with Gasteiger partial charge in [0.15, 0.2) is 0 Å². The number of likely N-dealkylation sites (tertiary alicyclic amines) is 1. The first-order valence-electron chi connectivity index (χ1n) is 6.04. The zero-order chi connectivity index (χ0) is 10.4. The van der Waals surface area contributed by atoms with Crippen molar-refractivity contribution in [3.8, 4) is 0 Å². The van der Waals surface area contributed by atoms with Gasteiger partial charge in [-0.1, -0.05) is 13.8 Å². The van der Waals surface area contributed by atoms with E-state index in [0.717, 1.165) is 5.88 Å². The minimum Gasteiger partial charge on any atom is -0.303 e. The minimum atomic E-state index is 0.640. The van der Waals surface area contributed by atoms with E-state index >= 15 is 0 Å². The first-order chi connectivity index (χ1) is 6.76. The molecular weight excluding hydrogens is 194 g/mol. The summed E-state index contributed by atoms with van der Waals surface area (Å²) in [4.78, 5) is 2.62. The molecule has 0 radical (unpaired) electrons. The molecule has 1 aliphatic heterocycles. The Morgan fingerprint density at radius 1 is 1.21 bits per heavy atom. The van der Waals surface area contributed by atoms with E-state index in [1.807, 2.05) is 0 Å². The fourth-order valence-electron chi connectivity index (χ4n) is 2.48. The van der Waals surface area contributed by atoms with E-state index in [0.29, 0.717) is 5.41 Å². The molecule has 1 heterocycles. The maximum atomic E-state index is 5.68. The normalized spacial score (nSPS) is 21.6. The molecule has 0 aromatic carbocycles. The zero-order valence-electron chi connectivity index (χ0n) is 9.69. The van der Waals surface area contributed by atoms with E-state index in [1.54, 1.807) is 0 Å². The van der Waals surface area contributed by atoms with Gasteiger partial charge in [-0.2, -0.15) is 0 Å². The summed E-state index contributed by atoms with van der Waals surface area (Å²) < 4.78 is 0. The first-order valence-corrected chi connectivity index (χ1v) is 6.58. The average Bonchev–Trinajstić information content (AvgIpc) is 2.63. The Bertz CT molecular complexity index is 154. The number of halogens is 1. The first kappa shape index (κ1) is 12.3. The molecule has 1 fully saturated rings. The molecule has 0 aromatic rings. The van der Waals surface area contributed by atoms with E-state index < -0.39 is 0 Å². The van der Waals surface area contributed by atoms with E-state index in [2.05, 4.69) is 18.7 Å². The highest BCUT2D eigenvalue weighted by Crippen LogP contribution is 2.36. The minimum absolute atomic E-state index is 0.640. The van der Waals surface area contributed by atoms with Crippen LogP contribution in [0.15, 0.2) is 0 Å². The lowest BCUT2D eigenvalue weighted by Gasteiger charge is -2.26. The zero-order valence-corrected chi connectivity index (χ0v) is 10.4. The SMILES string of the molecule is CCC1(CC)CCN(CCCCCl)C1. The van der Waals surface area contributed by atoms with Gasteiger partial charge in [0.25, 0.3) is 0 Å². The van der Waals surface area contributed by atoms with Gasteiger partial charge in [0, 0.05) is 12.4 Å². The highest BCUT2D eigenvalue weighted by Gasteiger charge is 2.34. The van der Waals surface area contributed by atoms with E-state index in [-0.39, 0.29) is 0 Å². The molecule has 0 aromatic heterocycles. The molecule has 0 spiro atoms. The van der Waals surface area contributed by atoms with Crippen molar-refractivity contribution in [2.45, 2.75) is 46.0 Å². The smallest absolute Gasteiger partial charge is 0.0223 e. The third kappa shape index (κ3) is 3.13. The molecule has 0 bridgehead atoms. The van der Waals surface area contributed by atoms with Gasteiger partial charge >= 0.3 is 0 Å². The second-order valence-corrected chi connectivity index (χ2v) is 5.01. The highest BCUT2D eigenvalue weighted by atomic mass is 35.5. The Morgan fingerprint density at radius 2 is 1.93 bits per heavy atom. The van der Waals surface area contributed by atoms with Crippen molar-refractivity contribution in [1.82, 2.24) is 4.90 Å². The van der Waals surface area contributed by atoms with Gasteiger partial charge < -0.3 is 4.90 Å². The maximum absolute atomic E-state index is 5.68. The fraction of sp³-hybridized carbons (Fsp3) is 1.00. The molecule has 0 saturated carbocycles. The van der Waals surface area contributed by atoms with Crippen LogP contribution in [0.2, 0.25) is 0 Å². The van der Waals surface area contributed by atoms with Crippen LogP contribution in [0.5, 0.6) is 0 Å². The molecule has 0 unspecified atom stereocenters. The Morgan fingerprint density at radius 3 is 2.43 bits per heavy atom. The van der Waals surface area contributed by atoms with Crippen LogP contribution in [-0.2, 0) is 0 Å². The third-order valence-electron chi connectivity index (χ3n) is 3.88. The molecule has 0 aliphatic carbocycles. The molecule has 14 heavy (non-hydrogen) atoms. The molecule has 0 atom stereocenters. The summed E-state index contributed by atoms with van der Waals surface area (Å²) in [7, 11) is 0. The molecule has 1 saturated heterocycles. The van der Waals surface area contributed by atoms with E-state index in [4.69, 9.17) is 11.6 Å². The summed E-state index contributed by atoms with van der Waals surface area (Å²) >= 11 is 5.68. The van der Waals surface area contributed by atoms with Crippen molar-refractivity contribution in [2.75, 3.05) is 25.5 Å². The third-order valence-corrected chi connectivity index (χ3v) is 4.14. The van der Waals surface area contributed by atoms with Crippen molar-refractivity contribution in [2.24, 2.45) is 5.41 Å². The van der Waals surface area contributed by atoms with Crippen LogP contribution in [-0.4, -0.2) is 30.4 Å². The number of alkyl halides is 1. The van der Waals surface area contributed by atoms with Gasteiger partial charge in [0.05, 0.1) is 0 Å². The number of hydrogen-bond donors (Lipinski definition) is 0. The quantitative estimate of drug-likeness (QED) is 0.486. The second-order valence-electron chi connectivity index (χ2n) is 4.63. The fourth-order valence-corrected chi connectivity index (χ4v) is 2.66. The van der Waals surface area contributed by atoms with Crippen LogP contribution in [0.3, 0.4) is 0 Å². The molecule has 1 nitrogen and oxygen atoms in total. The Labute approximate surface area is 93.8 Å². The number of nitrogens with zero attached hydrogens (tertiary/aromatic N) is 1. The van der Waals surface area contributed by atoms with Crippen molar-refractivity contribution >= 4 is 11.6 Å². The van der Waals surface area contributed by atoms with Crippen LogP contribution in [0, 0.1) is 5.41 Å². The summed E-state index contributed by atoms with van der Waals surface area (Å²) in [5, 5.41) is 0. The monoisotopic (exact) mass is 217 g/mol. The molecule has 0 N–H and O–H groups in total. The van der Waals surface area contributed by atoms with Crippen LogP contribution >= 0.6 is 11.6 Å². The average molecular weight is 218 g/mol. The standard InChI is InChI=1S/C12H24ClN/c1-3-12(4-2)7-10-14(11-12)9-6-5-8-13/h3-11H2,1-2H3. The van der Waals surface area contributed by atoms with Crippen molar-refractivity contribution in [1.29, 1.82) is 0 Å². The lowest BCUT2D eigenvalue weighted by atomic mass is 9.82. The number of rotatable bonds is 6. The lowest BCUT2D eigenvalue weighted by molar-refractivity contribution is 0.239. The summed E-state index contributed by atoms with van der Waals surface area (Å²) in [5.74, 6) is 0.820. The summed E-state index contributed by atoms with van der Waals surface area (Å²) in [5.41, 5.74) is 0.640. The van der Waals surface area contributed by atoms with Crippen LogP contribution in [0.1, 0.15) is 46.0 Å². The van der Waals surface area contributed by atoms with Crippen LogP contribution in [0.4, 0.5) is 0 Å². The Hall–Kier alpha value is 0.250. The molecule has 84 valence electrons. The summed E-state index contributed by atoms with van der Waals surface area (Å²) in [6.07, 6.45) is 6.53. The predicted octanol–water partition coefficient (Wildman–Crippen LogP) is 3.52. The van der Waals surface area contributed by atoms with E-state index in [9.17, 15) is 0 Å². The Kier molecular flexibility index (Phi) is 5.25. The number of hydrogen-bond acceptors (Lipinski definition) is 1.